The van der Waals surface area contributed by atoms with E-state index in [1.807, 2.05) is 55.6 Å². The second kappa shape index (κ2) is 3.56. The van der Waals surface area contributed by atoms with Crippen LogP contribution in [0.2, 0.25) is 0 Å². The topological polar surface area (TPSA) is 26.3 Å². The van der Waals surface area contributed by atoms with Crippen LogP contribution >= 0.6 is 9.24 Å². The summed E-state index contributed by atoms with van der Waals surface area (Å²) in [6.45, 7) is 0. The summed E-state index contributed by atoms with van der Waals surface area (Å²) in [5, 5.41) is 11.8. The Morgan fingerprint density at radius 3 is 1.82 bits per heavy atom. The molecule has 0 saturated carbocycles. The van der Waals surface area contributed by atoms with Gasteiger partial charge in [-0.05, 0) is 21.4 Å². The first-order valence-corrected chi connectivity index (χ1v) is 6.31. The van der Waals surface area contributed by atoms with Crippen LogP contribution in [0.4, 0.5) is 11.4 Å². The molecule has 0 spiro atoms. The molecule has 1 atom stereocenters. The second-order valence-corrected chi connectivity index (χ2v) is 5.42. The zero-order chi connectivity index (χ0) is 12.0. The van der Waals surface area contributed by atoms with Crippen molar-refractivity contribution in [2.24, 2.45) is 0 Å². The molecular weight excluding hydrogens is 229 g/mol. The molecular formula is C14H14NOP. The Morgan fingerprint density at radius 1 is 0.941 bits per heavy atom. The Bertz CT molecular complexity index is 530. The van der Waals surface area contributed by atoms with E-state index < -0.39 is 5.34 Å². The van der Waals surface area contributed by atoms with E-state index in [9.17, 15) is 5.11 Å². The van der Waals surface area contributed by atoms with Crippen LogP contribution in [0.3, 0.4) is 0 Å². The molecule has 1 aliphatic heterocycles. The highest BCUT2D eigenvalue weighted by Gasteiger charge is 2.33. The van der Waals surface area contributed by atoms with Crippen LogP contribution in [0.1, 0.15) is 11.1 Å². The molecule has 1 unspecified atom stereocenters. The first-order chi connectivity index (χ1) is 8.12. The van der Waals surface area contributed by atoms with Crippen molar-refractivity contribution < 1.29 is 5.11 Å². The van der Waals surface area contributed by atoms with Gasteiger partial charge in [-0.15, -0.1) is 0 Å². The van der Waals surface area contributed by atoms with Gasteiger partial charge in [-0.2, -0.15) is 0 Å². The number of nitrogens with zero attached hydrogens (tertiary/aromatic N) is 1. The van der Waals surface area contributed by atoms with Crippen molar-refractivity contribution in [3.05, 3.63) is 59.7 Å². The Morgan fingerprint density at radius 2 is 1.35 bits per heavy atom. The van der Waals surface area contributed by atoms with Gasteiger partial charge in [0.25, 0.3) is 0 Å². The molecule has 0 aliphatic carbocycles. The van der Waals surface area contributed by atoms with Crippen LogP contribution in [0, 0.1) is 0 Å². The minimum atomic E-state index is -1.14. The third-order valence-electron chi connectivity index (χ3n) is 3.40. The van der Waals surface area contributed by atoms with Crippen LogP contribution in [-0.2, 0) is 5.34 Å². The molecule has 3 heteroatoms. The van der Waals surface area contributed by atoms with Crippen LogP contribution < -0.4 is 10.0 Å². The summed E-state index contributed by atoms with van der Waals surface area (Å²) in [6, 6.07) is 15.7. The summed E-state index contributed by atoms with van der Waals surface area (Å²) in [6.07, 6.45) is 0. The lowest BCUT2D eigenvalue weighted by Crippen LogP contribution is -2.40. The Kier molecular flexibility index (Phi) is 2.25. The fourth-order valence-electron chi connectivity index (χ4n) is 2.49. The van der Waals surface area contributed by atoms with Crippen LogP contribution in [0.5, 0.6) is 0 Å². The lowest BCUT2D eigenvalue weighted by molar-refractivity contribution is -0.432. The first-order valence-electron chi connectivity index (χ1n) is 5.61. The molecule has 2 nitrogen and oxygen atoms in total. The van der Waals surface area contributed by atoms with Crippen molar-refractivity contribution >= 4 is 20.6 Å². The van der Waals surface area contributed by atoms with E-state index in [2.05, 4.69) is 4.90 Å². The average Bonchev–Trinajstić information content (AvgIpc) is 2.37. The molecule has 2 aromatic rings. The van der Waals surface area contributed by atoms with Crippen molar-refractivity contribution in [3.63, 3.8) is 0 Å². The minimum absolute atomic E-state index is 0.861. The molecule has 0 amide bonds. The maximum absolute atomic E-state index is 12.9. The summed E-state index contributed by atoms with van der Waals surface area (Å²) in [5.74, 6) is 0. The highest BCUT2D eigenvalue weighted by Crippen LogP contribution is 2.48. The van der Waals surface area contributed by atoms with Crippen molar-refractivity contribution in [2.45, 2.75) is 5.34 Å². The molecule has 0 radical (unpaired) electrons. The zero-order valence-electron chi connectivity index (χ0n) is 9.68. The van der Waals surface area contributed by atoms with Gasteiger partial charge in [0.1, 0.15) is 0 Å². The van der Waals surface area contributed by atoms with E-state index in [1.165, 1.54) is 9.24 Å². The van der Waals surface area contributed by atoms with Gasteiger partial charge in [0.05, 0.1) is 5.34 Å². The van der Waals surface area contributed by atoms with E-state index in [-0.39, 0.29) is 0 Å². The number of hydrogen-bond acceptors (Lipinski definition) is 2. The molecule has 86 valence electrons. The summed E-state index contributed by atoms with van der Waals surface area (Å²) in [7, 11) is 3.52. The molecule has 0 saturated heterocycles. The number of rotatable bonds is 0. The molecule has 0 fully saturated rings. The minimum Gasteiger partial charge on any atom is -0.811 e. The van der Waals surface area contributed by atoms with Crippen LogP contribution in [0.25, 0.3) is 0 Å². The summed E-state index contributed by atoms with van der Waals surface area (Å²) in [4.78, 5) is 2.09. The van der Waals surface area contributed by atoms with Gasteiger partial charge < -0.3 is 10.0 Å². The number of hydrogen-bond donors (Lipinski definition) is 0. The highest BCUT2D eigenvalue weighted by atomic mass is 31.0. The number of benzene rings is 2. The van der Waals surface area contributed by atoms with Gasteiger partial charge in [-0.1, -0.05) is 36.4 Å². The monoisotopic (exact) mass is 243 g/mol. The molecule has 1 heterocycles. The quantitative estimate of drug-likeness (QED) is 0.661. The molecule has 0 bridgehead atoms. The molecule has 17 heavy (non-hydrogen) atoms. The third kappa shape index (κ3) is 1.41. The first kappa shape index (κ1) is 10.8. The number of fused-ring (bicyclic) bond motifs is 2. The van der Waals surface area contributed by atoms with Gasteiger partial charge in [-0.3, -0.25) is 0 Å². The maximum Gasteiger partial charge on any atom is 0.0595 e. The predicted molar refractivity (Wildman–Crippen MR) is 72.8 cm³/mol. The Balaban J connectivity index is 2.34. The fraction of sp³-hybridized carbons (Fsp3) is 0.143. The van der Waals surface area contributed by atoms with Crippen molar-refractivity contribution in [3.8, 4) is 0 Å². The number of anilines is 2. The van der Waals surface area contributed by atoms with E-state index in [4.69, 9.17) is 0 Å². The van der Waals surface area contributed by atoms with Gasteiger partial charge in [0.15, 0.2) is 0 Å². The van der Waals surface area contributed by atoms with Gasteiger partial charge in [0, 0.05) is 29.5 Å². The summed E-state index contributed by atoms with van der Waals surface area (Å²) >= 11 is 0. The standard InChI is InChI=1S/C14H13NOP/c1-15-12-8-4-2-6-10(12)14(16,17)11-7-3-5-9-13(11)15/h2-9H,17H2,1H3/q-1/p+1. The lowest BCUT2D eigenvalue weighted by Gasteiger charge is -2.42. The Hall–Kier alpha value is -1.37. The van der Waals surface area contributed by atoms with E-state index in [0.29, 0.717) is 0 Å². The molecule has 3 rings (SSSR count). The maximum atomic E-state index is 12.9. The molecule has 2 aromatic carbocycles. The number of para-hydroxylation sites is 2. The SMILES string of the molecule is CN1c2ccccc2C([O-])([PH3+])c2ccccc21. The summed E-state index contributed by atoms with van der Waals surface area (Å²) in [5.41, 5.74) is 3.74. The van der Waals surface area contributed by atoms with Crippen LogP contribution in [0.15, 0.2) is 48.5 Å². The zero-order valence-corrected chi connectivity index (χ0v) is 11.1. The largest absolute Gasteiger partial charge is 0.811 e. The van der Waals surface area contributed by atoms with Crippen molar-refractivity contribution in [1.29, 1.82) is 0 Å². The average molecular weight is 243 g/mol. The van der Waals surface area contributed by atoms with Crippen molar-refractivity contribution in [1.82, 2.24) is 0 Å². The summed E-state index contributed by atoms with van der Waals surface area (Å²) < 4.78 is 0. The van der Waals surface area contributed by atoms with Crippen LogP contribution in [-0.4, -0.2) is 7.05 Å². The highest BCUT2D eigenvalue weighted by molar-refractivity contribution is 7.18. The van der Waals surface area contributed by atoms with Gasteiger partial charge in [0.2, 0.25) is 0 Å². The molecule has 0 N–H and O–H groups in total. The molecule has 1 aliphatic rings. The van der Waals surface area contributed by atoms with E-state index >= 15 is 0 Å². The van der Waals surface area contributed by atoms with E-state index in [0.717, 1.165) is 22.5 Å². The second-order valence-electron chi connectivity index (χ2n) is 4.42. The van der Waals surface area contributed by atoms with E-state index in [1.54, 1.807) is 0 Å². The van der Waals surface area contributed by atoms with Crippen molar-refractivity contribution in [2.75, 3.05) is 11.9 Å². The third-order valence-corrected chi connectivity index (χ3v) is 4.16. The molecule has 0 aromatic heterocycles. The lowest BCUT2D eigenvalue weighted by atomic mass is 9.92. The normalized spacial score (nSPS) is 16.5. The Labute approximate surface area is 103 Å². The fourth-order valence-corrected chi connectivity index (χ4v) is 3.09. The van der Waals surface area contributed by atoms with Gasteiger partial charge >= 0.3 is 0 Å². The smallest absolute Gasteiger partial charge is 0.0595 e. The van der Waals surface area contributed by atoms with Gasteiger partial charge in [-0.25, -0.2) is 0 Å². The predicted octanol–water partition coefficient (Wildman–Crippen LogP) is 1.94.